The highest BCUT2D eigenvalue weighted by Crippen LogP contribution is 2.23. The molecule has 2 saturated heterocycles. The molecular formula is C6H11BO3. The van der Waals surface area contributed by atoms with Crippen LogP contribution in [0.1, 0.15) is 6.92 Å². The second-order valence-corrected chi connectivity index (χ2v) is 2.72. The van der Waals surface area contributed by atoms with Crippen molar-refractivity contribution >= 4 is 7.12 Å². The van der Waals surface area contributed by atoms with Crippen LogP contribution in [0.4, 0.5) is 0 Å². The maximum Gasteiger partial charge on any atom is 0.457 e. The van der Waals surface area contributed by atoms with E-state index in [9.17, 15) is 0 Å². The van der Waals surface area contributed by atoms with Crippen molar-refractivity contribution in [2.45, 2.75) is 25.5 Å². The Kier molecular flexibility index (Phi) is 1.68. The lowest BCUT2D eigenvalue weighted by atomic mass is 9.87. The largest absolute Gasteiger partial charge is 0.457 e. The average Bonchev–Trinajstić information content (AvgIpc) is 2.42. The highest BCUT2D eigenvalue weighted by atomic mass is 16.7. The van der Waals surface area contributed by atoms with E-state index >= 15 is 0 Å². The quantitative estimate of drug-likeness (QED) is 0.493. The van der Waals surface area contributed by atoms with Gasteiger partial charge in [-0.05, 0) is 6.32 Å². The molecule has 4 heteroatoms. The van der Waals surface area contributed by atoms with Gasteiger partial charge in [0.15, 0.2) is 0 Å². The number of fused-ring (bicyclic) bond motifs is 1. The van der Waals surface area contributed by atoms with Crippen molar-refractivity contribution in [2.75, 3.05) is 13.2 Å². The molecule has 0 aliphatic carbocycles. The van der Waals surface area contributed by atoms with Gasteiger partial charge in [0.25, 0.3) is 0 Å². The Morgan fingerprint density at radius 3 is 2.40 bits per heavy atom. The predicted molar refractivity (Wildman–Crippen MR) is 36.8 cm³/mol. The zero-order valence-corrected chi connectivity index (χ0v) is 6.08. The van der Waals surface area contributed by atoms with Gasteiger partial charge in [-0.3, -0.25) is 0 Å². The topological polar surface area (TPSA) is 27.7 Å². The summed E-state index contributed by atoms with van der Waals surface area (Å²) in [6.45, 7) is 3.48. The predicted octanol–water partition coefficient (Wildman–Crippen LogP) is 0.309. The van der Waals surface area contributed by atoms with Crippen LogP contribution >= 0.6 is 0 Å². The van der Waals surface area contributed by atoms with Gasteiger partial charge in [0.05, 0.1) is 25.4 Å². The fourth-order valence-electron chi connectivity index (χ4n) is 1.38. The number of rotatable bonds is 1. The second-order valence-electron chi connectivity index (χ2n) is 2.72. The van der Waals surface area contributed by atoms with E-state index in [4.69, 9.17) is 14.0 Å². The summed E-state index contributed by atoms with van der Waals surface area (Å²) in [6, 6.07) is 0. The van der Waals surface area contributed by atoms with E-state index < -0.39 is 0 Å². The van der Waals surface area contributed by atoms with Gasteiger partial charge in [-0.15, -0.1) is 0 Å². The minimum Gasteiger partial charge on any atom is -0.403 e. The summed E-state index contributed by atoms with van der Waals surface area (Å²) in [6.07, 6.45) is 1.36. The fraction of sp³-hybridized carbons (Fsp3) is 1.00. The van der Waals surface area contributed by atoms with Crippen molar-refractivity contribution in [1.82, 2.24) is 0 Å². The smallest absolute Gasteiger partial charge is 0.403 e. The van der Waals surface area contributed by atoms with E-state index in [1.807, 2.05) is 0 Å². The standard InChI is InChI=1S/C6H11BO3/c1-2-7-9-5-3-8-4-6(5)10-7/h5-6H,2-4H2,1H3. The first-order valence-corrected chi connectivity index (χ1v) is 3.79. The molecule has 2 atom stereocenters. The Balaban J connectivity index is 1.94. The third kappa shape index (κ3) is 0.963. The molecule has 56 valence electrons. The first-order valence-electron chi connectivity index (χ1n) is 3.79. The lowest BCUT2D eigenvalue weighted by Gasteiger charge is -2.02. The van der Waals surface area contributed by atoms with Gasteiger partial charge < -0.3 is 14.0 Å². The van der Waals surface area contributed by atoms with E-state index in [-0.39, 0.29) is 19.3 Å². The molecule has 2 unspecified atom stereocenters. The van der Waals surface area contributed by atoms with Gasteiger partial charge >= 0.3 is 7.12 Å². The Morgan fingerprint density at radius 2 is 1.90 bits per heavy atom. The highest BCUT2D eigenvalue weighted by molar-refractivity contribution is 6.45. The second kappa shape index (κ2) is 2.53. The Morgan fingerprint density at radius 1 is 1.30 bits per heavy atom. The van der Waals surface area contributed by atoms with E-state index in [1.54, 1.807) is 0 Å². The molecule has 2 rings (SSSR count). The molecule has 0 N–H and O–H groups in total. The maximum atomic E-state index is 5.49. The van der Waals surface area contributed by atoms with Gasteiger partial charge in [0, 0.05) is 0 Å². The normalized spacial score (nSPS) is 38.7. The van der Waals surface area contributed by atoms with Gasteiger partial charge in [0.1, 0.15) is 0 Å². The third-order valence-corrected chi connectivity index (χ3v) is 1.97. The maximum absolute atomic E-state index is 5.49. The van der Waals surface area contributed by atoms with Gasteiger partial charge in [0.2, 0.25) is 0 Å². The molecule has 0 radical (unpaired) electrons. The molecule has 3 nitrogen and oxygen atoms in total. The summed E-state index contributed by atoms with van der Waals surface area (Å²) >= 11 is 0. The van der Waals surface area contributed by atoms with Gasteiger partial charge in [-0.25, -0.2) is 0 Å². The SMILES string of the molecule is CCB1OC2COCC2O1. The van der Waals surface area contributed by atoms with Crippen LogP contribution in [-0.4, -0.2) is 32.5 Å². The van der Waals surface area contributed by atoms with Crippen molar-refractivity contribution in [3.63, 3.8) is 0 Å². The molecule has 2 heterocycles. The minimum absolute atomic E-state index is 0.0268. The third-order valence-electron chi connectivity index (χ3n) is 1.97. The Labute approximate surface area is 60.8 Å². The highest BCUT2D eigenvalue weighted by Gasteiger charge is 2.41. The molecule has 0 amide bonds. The molecule has 2 fully saturated rings. The summed E-state index contributed by atoms with van der Waals surface area (Å²) in [5.41, 5.74) is 0. The number of ether oxygens (including phenoxy) is 1. The zero-order chi connectivity index (χ0) is 6.97. The van der Waals surface area contributed by atoms with Crippen LogP contribution < -0.4 is 0 Å². The Hall–Kier alpha value is -0.0551. The van der Waals surface area contributed by atoms with Crippen LogP contribution in [0.5, 0.6) is 0 Å². The lowest BCUT2D eigenvalue weighted by Crippen LogP contribution is -2.18. The van der Waals surface area contributed by atoms with Crippen molar-refractivity contribution in [3.05, 3.63) is 0 Å². The summed E-state index contributed by atoms with van der Waals surface area (Å²) < 4.78 is 16.1. The van der Waals surface area contributed by atoms with Gasteiger partial charge in [-0.1, -0.05) is 6.92 Å². The average molecular weight is 142 g/mol. The summed E-state index contributed by atoms with van der Waals surface area (Å²) in [7, 11) is 0.0268. The summed E-state index contributed by atoms with van der Waals surface area (Å²) in [5, 5.41) is 0. The van der Waals surface area contributed by atoms with Crippen LogP contribution in [0.15, 0.2) is 0 Å². The van der Waals surface area contributed by atoms with Crippen LogP contribution in [0.25, 0.3) is 0 Å². The zero-order valence-electron chi connectivity index (χ0n) is 6.08. The number of hydrogen-bond acceptors (Lipinski definition) is 3. The molecule has 0 aromatic rings. The van der Waals surface area contributed by atoms with Crippen molar-refractivity contribution < 1.29 is 14.0 Å². The minimum atomic E-state index is 0.0268. The van der Waals surface area contributed by atoms with Crippen molar-refractivity contribution in [3.8, 4) is 0 Å². The molecule has 2 aliphatic heterocycles. The number of hydrogen-bond donors (Lipinski definition) is 0. The van der Waals surface area contributed by atoms with Crippen LogP contribution in [0, 0.1) is 0 Å². The molecule has 0 spiro atoms. The summed E-state index contributed by atoms with van der Waals surface area (Å²) in [4.78, 5) is 0. The van der Waals surface area contributed by atoms with E-state index in [1.165, 1.54) is 0 Å². The van der Waals surface area contributed by atoms with Crippen molar-refractivity contribution in [1.29, 1.82) is 0 Å². The lowest BCUT2D eigenvalue weighted by molar-refractivity contribution is 0.127. The molecular weight excluding hydrogens is 131 g/mol. The van der Waals surface area contributed by atoms with E-state index in [2.05, 4.69) is 6.92 Å². The molecule has 0 aromatic heterocycles. The van der Waals surface area contributed by atoms with Crippen LogP contribution in [-0.2, 0) is 14.0 Å². The van der Waals surface area contributed by atoms with Crippen molar-refractivity contribution in [2.24, 2.45) is 0 Å². The van der Waals surface area contributed by atoms with Crippen LogP contribution in [0.2, 0.25) is 6.32 Å². The van der Waals surface area contributed by atoms with E-state index in [0.29, 0.717) is 13.2 Å². The summed E-state index contributed by atoms with van der Waals surface area (Å²) in [5.74, 6) is 0. The van der Waals surface area contributed by atoms with E-state index in [0.717, 1.165) is 6.32 Å². The fourth-order valence-corrected chi connectivity index (χ4v) is 1.38. The molecule has 2 aliphatic rings. The molecule has 10 heavy (non-hydrogen) atoms. The van der Waals surface area contributed by atoms with Gasteiger partial charge in [-0.2, -0.15) is 0 Å². The van der Waals surface area contributed by atoms with Crippen LogP contribution in [0.3, 0.4) is 0 Å². The monoisotopic (exact) mass is 142 g/mol. The molecule has 0 bridgehead atoms. The first kappa shape index (κ1) is 6.64. The first-order chi connectivity index (χ1) is 4.90. The molecule has 0 aromatic carbocycles. The molecule has 0 saturated carbocycles. The Bertz CT molecular complexity index is 118.